The molecule has 0 aliphatic carbocycles. The lowest BCUT2D eigenvalue weighted by atomic mass is 10.00. The summed E-state index contributed by atoms with van der Waals surface area (Å²) in [6.07, 6.45) is 0.466. The van der Waals surface area contributed by atoms with Gasteiger partial charge in [-0.25, -0.2) is 8.78 Å². The van der Waals surface area contributed by atoms with Crippen LogP contribution in [-0.4, -0.2) is 6.29 Å². The molecule has 1 nitrogen and oxygen atoms in total. The van der Waals surface area contributed by atoms with Crippen molar-refractivity contribution in [1.29, 1.82) is 0 Å². The Bertz CT molecular complexity index is 518. The van der Waals surface area contributed by atoms with E-state index in [0.29, 0.717) is 17.4 Å². The maximum Gasteiger partial charge on any atom is 0.153 e. The minimum absolute atomic E-state index is 0.00546. The summed E-state index contributed by atoms with van der Waals surface area (Å²) in [7, 11) is 0. The first-order valence-corrected chi connectivity index (χ1v) is 4.72. The molecule has 2 rings (SSSR count). The number of hydrogen-bond acceptors (Lipinski definition) is 1. The van der Waals surface area contributed by atoms with Gasteiger partial charge >= 0.3 is 0 Å². The number of carbonyl (C=O) groups is 1. The van der Waals surface area contributed by atoms with Gasteiger partial charge in [-0.15, -0.1) is 0 Å². The van der Waals surface area contributed by atoms with Crippen LogP contribution < -0.4 is 0 Å². The fourth-order valence-corrected chi connectivity index (χ4v) is 1.54. The molecule has 16 heavy (non-hydrogen) atoms. The van der Waals surface area contributed by atoms with Gasteiger partial charge in [0.15, 0.2) is 6.29 Å². The molecule has 3 heteroatoms. The lowest BCUT2D eigenvalue weighted by Gasteiger charge is -2.05. The van der Waals surface area contributed by atoms with E-state index in [9.17, 15) is 13.6 Å². The van der Waals surface area contributed by atoms with Crippen LogP contribution in [-0.2, 0) is 0 Å². The quantitative estimate of drug-likeness (QED) is 0.705. The van der Waals surface area contributed by atoms with Gasteiger partial charge < -0.3 is 0 Å². The molecule has 0 spiro atoms. The number of aldehydes is 1. The van der Waals surface area contributed by atoms with Gasteiger partial charge in [-0.3, -0.25) is 4.79 Å². The van der Waals surface area contributed by atoms with Crippen LogP contribution in [0.4, 0.5) is 8.78 Å². The van der Waals surface area contributed by atoms with E-state index in [-0.39, 0.29) is 11.4 Å². The van der Waals surface area contributed by atoms with E-state index in [4.69, 9.17) is 0 Å². The molecule has 2 aromatic rings. The number of hydrogen-bond donors (Lipinski definition) is 0. The van der Waals surface area contributed by atoms with Crippen molar-refractivity contribution in [3.63, 3.8) is 0 Å². The van der Waals surface area contributed by atoms with Gasteiger partial charge in [0.1, 0.15) is 11.6 Å². The third-order valence-corrected chi connectivity index (χ3v) is 2.33. The van der Waals surface area contributed by atoms with Crippen LogP contribution in [0, 0.1) is 11.6 Å². The van der Waals surface area contributed by atoms with Gasteiger partial charge in [0.25, 0.3) is 0 Å². The normalized spacial score (nSPS) is 10.1. The Labute approximate surface area is 91.3 Å². The van der Waals surface area contributed by atoms with Crippen LogP contribution in [0.5, 0.6) is 0 Å². The lowest BCUT2D eigenvalue weighted by molar-refractivity contribution is 0.112. The number of carbonyl (C=O) groups excluding carboxylic acids is 1. The van der Waals surface area contributed by atoms with Crippen molar-refractivity contribution in [2.24, 2.45) is 0 Å². The van der Waals surface area contributed by atoms with Crippen molar-refractivity contribution in [1.82, 2.24) is 0 Å². The molecule has 80 valence electrons. The molecule has 0 heterocycles. The van der Waals surface area contributed by atoms with Crippen molar-refractivity contribution in [3.8, 4) is 11.1 Å². The Balaban J connectivity index is 2.59. The summed E-state index contributed by atoms with van der Waals surface area (Å²) in [6.45, 7) is 0. The van der Waals surface area contributed by atoms with Crippen LogP contribution in [0.2, 0.25) is 0 Å². The molecular weight excluding hydrogens is 210 g/mol. The molecule has 2 aromatic carbocycles. The molecule has 0 N–H and O–H groups in total. The Morgan fingerprint density at radius 3 is 2.25 bits per heavy atom. The van der Waals surface area contributed by atoms with Gasteiger partial charge in [0, 0.05) is 0 Å². The van der Waals surface area contributed by atoms with E-state index in [0.717, 1.165) is 0 Å². The number of benzene rings is 2. The standard InChI is InChI=1S/C13H8F2O/c14-10-6-4-9(5-7-10)11-2-1-3-13(15)12(11)8-16/h1-8H. The highest BCUT2D eigenvalue weighted by atomic mass is 19.1. The highest BCUT2D eigenvalue weighted by Crippen LogP contribution is 2.24. The summed E-state index contributed by atoms with van der Waals surface area (Å²) >= 11 is 0. The second-order valence-corrected chi connectivity index (χ2v) is 3.33. The molecule has 0 aliphatic heterocycles. The molecule has 0 radical (unpaired) electrons. The van der Waals surface area contributed by atoms with Gasteiger partial charge in [-0.2, -0.15) is 0 Å². The first-order valence-electron chi connectivity index (χ1n) is 4.72. The Hall–Kier alpha value is -2.03. The Morgan fingerprint density at radius 1 is 0.938 bits per heavy atom. The van der Waals surface area contributed by atoms with E-state index in [1.54, 1.807) is 6.07 Å². The summed E-state index contributed by atoms with van der Waals surface area (Å²) in [5.41, 5.74) is 1.08. The zero-order valence-electron chi connectivity index (χ0n) is 8.28. The summed E-state index contributed by atoms with van der Waals surface area (Å²) in [6, 6.07) is 9.93. The van der Waals surface area contributed by atoms with Gasteiger partial charge in [-0.05, 0) is 29.3 Å². The molecule has 0 aromatic heterocycles. The van der Waals surface area contributed by atoms with Gasteiger partial charge in [0.2, 0.25) is 0 Å². The maximum absolute atomic E-state index is 13.3. The predicted octanol–water partition coefficient (Wildman–Crippen LogP) is 3.44. The van der Waals surface area contributed by atoms with Crippen molar-refractivity contribution < 1.29 is 13.6 Å². The third kappa shape index (κ3) is 1.84. The zero-order valence-corrected chi connectivity index (χ0v) is 8.28. The highest BCUT2D eigenvalue weighted by molar-refractivity contribution is 5.87. The summed E-state index contributed by atoms with van der Waals surface area (Å²) in [5, 5.41) is 0. The van der Waals surface area contributed by atoms with Crippen LogP contribution in [0.1, 0.15) is 10.4 Å². The van der Waals surface area contributed by atoms with E-state index >= 15 is 0 Å². The summed E-state index contributed by atoms with van der Waals surface area (Å²) in [4.78, 5) is 10.8. The molecule has 0 aliphatic rings. The van der Waals surface area contributed by atoms with Crippen LogP contribution in [0.3, 0.4) is 0 Å². The van der Waals surface area contributed by atoms with Crippen LogP contribution in [0.15, 0.2) is 42.5 Å². The zero-order chi connectivity index (χ0) is 11.5. The van der Waals surface area contributed by atoms with Crippen LogP contribution >= 0.6 is 0 Å². The molecule has 0 unspecified atom stereocenters. The SMILES string of the molecule is O=Cc1c(F)cccc1-c1ccc(F)cc1. The van der Waals surface area contributed by atoms with Gasteiger partial charge in [-0.1, -0.05) is 24.3 Å². The maximum atomic E-state index is 13.3. The van der Waals surface area contributed by atoms with Gasteiger partial charge in [0.05, 0.1) is 5.56 Å². The first kappa shape index (κ1) is 10.5. The summed E-state index contributed by atoms with van der Waals surface area (Å²) < 4.78 is 26.0. The largest absolute Gasteiger partial charge is 0.298 e. The fraction of sp³-hybridized carbons (Fsp3) is 0. The molecule has 0 saturated carbocycles. The van der Waals surface area contributed by atoms with E-state index in [1.807, 2.05) is 0 Å². The number of rotatable bonds is 2. The topological polar surface area (TPSA) is 17.1 Å². The van der Waals surface area contributed by atoms with Crippen molar-refractivity contribution >= 4 is 6.29 Å². The van der Waals surface area contributed by atoms with Crippen LogP contribution in [0.25, 0.3) is 11.1 Å². The van der Waals surface area contributed by atoms with Crippen molar-refractivity contribution in [3.05, 3.63) is 59.7 Å². The molecule has 0 saturated heterocycles. The average molecular weight is 218 g/mol. The smallest absolute Gasteiger partial charge is 0.153 e. The number of halogens is 2. The van der Waals surface area contributed by atoms with E-state index < -0.39 is 5.82 Å². The summed E-state index contributed by atoms with van der Waals surface area (Å²) in [5.74, 6) is -0.940. The van der Waals surface area contributed by atoms with Crippen molar-refractivity contribution in [2.45, 2.75) is 0 Å². The lowest BCUT2D eigenvalue weighted by Crippen LogP contribution is -1.92. The van der Waals surface area contributed by atoms with E-state index in [1.165, 1.54) is 36.4 Å². The average Bonchev–Trinajstić information content (AvgIpc) is 2.30. The minimum Gasteiger partial charge on any atom is -0.298 e. The first-order chi connectivity index (χ1) is 7.72. The molecule has 0 amide bonds. The Morgan fingerprint density at radius 2 is 1.62 bits per heavy atom. The molecule has 0 fully saturated rings. The molecule has 0 atom stereocenters. The Kier molecular flexibility index (Phi) is 2.77. The second-order valence-electron chi connectivity index (χ2n) is 3.33. The fourth-order valence-electron chi connectivity index (χ4n) is 1.54. The monoisotopic (exact) mass is 218 g/mol. The third-order valence-electron chi connectivity index (χ3n) is 2.33. The van der Waals surface area contributed by atoms with E-state index in [2.05, 4.69) is 0 Å². The highest BCUT2D eigenvalue weighted by Gasteiger charge is 2.08. The van der Waals surface area contributed by atoms with Crippen molar-refractivity contribution in [2.75, 3.05) is 0 Å². The molecule has 0 bridgehead atoms. The predicted molar refractivity (Wildman–Crippen MR) is 57.2 cm³/mol. The second kappa shape index (κ2) is 4.23. The minimum atomic E-state index is -0.572. The molecular formula is C13H8F2O.